The highest BCUT2D eigenvalue weighted by Crippen LogP contribution is 2.28. The van der Waals surface area contributed by atoms with Gasteiger partial charge < -0.3 is 19.9 Å². The van der Waals surface area contributed by atoms with Crippen molar-refractivity contribution in [3.63, 3.8) is 0 Å². The maximum absolute atomic E-state index is 6.26. The molecule has 1 heterocycles. The van der Waals surface area contributed by atoms with Gasteiger partial charge in [0.15, 0.2) is 11.5 Å². The Morgan fingerprint density at radius 2 is 2.05 bits per heavy atom. The number of ether oxygens (including phenoxy) is 3. The molecule has 0 spiro atoms. The standard InChI is InChI=1S/C17H27NO3/c1-19-16-9-6-13(12-17(16)20-2)11-14(18)7-8-15-5-3-4-10-21-15/h6,9,12,14-15H,3-5,7-8,10-11,18H2,1-2H3. The fraction of sp³-hybridized carbons (Fsp3) is 0.647. The first-order valence-corrected chi connectivity index (χ1v) is 7.81. The second-order valence-corrected chi connectivity index (χ2v) is 5.72. The smallest absolute Gasteiger partial charge is 0.160 e. The third kappa shape index (κ3) is 4.90. The van der Waals surface area contributed by atoms with Crippen LogP contribution in [0.1, 0.15) is 37.7 Å². The second kappa shape index (κ2) is 8.25. The molecule has 2 rings (SSSR count). The van der Waals surface area contributed by atoms with E-state index in [4.69, 9.17) is 19.9 Å². The first-order chi connectivity index (χ1) is 10.2. The highest BCUT2D eigenvalue weighted by atomic mass is 16.5. The molecular formula is C17H27NO3. The van der Waals surface area contributed by atoms with Gasteiger partial charge in [-0.15, -0.1) is 0 Å². The number of hydrogen-bond acceptors (Lipinski definition) is 4. The van der Waals surface area contributed by atoms with Crippen LogP contribution in [-0.4, -0.2) is 33.0 Å². The van der Waals surface area contributed by atoms with E-state index >= 15 is 0 Å². The lowest BCUT2D eigenvalue weighted by Crippen LogP contribution is -2.27. The molecule has 0 bridgehead atoms. The summed E-state index contributed by atoms with van der Waals surface area (Å²) in [6.07, 6.45) is 7.00. The molecule has 2 N–H and O–H groups in total. The van der Waals surface area contributed by atoms with Gasteiger partial charge in [-0.1, -0.05) is 6.07 Å². The first-order valence-electron chi connectivity index (χ1n) is 7.81. The Morgan fingerprint density at radius 1 is 1.24 bits per heavy atom. The molecule has 1 fully saturated rings. The predicted octanol–water partition coefficient (Wildman–Crippen LogP) is 2.92. The maximum atomic E-state index is 6.26. The zero-order valence-electron chi connectivity index (χ0n) is 13.1. The summed E-state index contributed by atoms with van der Waals surface area (Å²) in [4.78, 5) is 0. The topological polar surface area (TPSA) is 53.7 Å². The molecule has 0 aromatic heterocycles. The third-order valence-electron chi connectivity index (χ3n) is 4.08. The minimum atomic E-state index is 0.161. The average Bonchev–Trinajstić information content (AvgIpc) is 2.53. The predicted molar refractivity (Wildman–Crippen MR) is 84.1 cm³/mol. The fourth-order valence-electron chi connectivity index (χ4n) is 2.85. The van der Waals surface area contributed by atoms with Crippen LogP contribution >= 0.6 is 0 Å². The number of benzene rings is 1. The summed E-state index contributed by atoms with van der Waals surface area (Å²) < 4.78 is 16.3. The van der Waals surface area contributed by atoms with E-state index in [1.54, 1.807) is 14.2 Å². The Morgan fingerprint density at radius 3 is 2.71 bits per heavy atom. The molecule has 0 radical (unpaired) electrons. The molecule has 2 atom stereocenters. The van der Waals surface area contributed by atoms with E-state index in [9.17, 15) is 0 Å². The van der Waals surface area contributed by atoms with Gasteiger partial charge in [-0.2, -0.15) is 0 Å². The summed E-state index contributed by atoms with van der Waals surface area (Å²) in [7, 11) is 3.30. The van der Waals surface area contributed by atoms with Crippen LogP contribution in [0.25, 0.3) is 0 Å². The van der Waals surface area contributed by atoms with Crippen molar-refractivity contribution in [3.8, 4) is 11.5 Å². The maximum Gasteiger partial charge on any atom is 0.160 e. The molecule has 2 unspecified atom stereocenters. The molecule has 4 nitrogen and oxygen atoms in total. The van der Waals surface area contributed by atoms with Crippen LogP contribution in [0.5, 0.6) is 11.5 Å². The van der Waals surface area contributed by atoms with Crippen LogP contribution < -0.4 is 15.2 Å². The van der Waals surface area contributed by atoms with Crippen LogP contribution in [0.4, 0.5) is 0 Å². The summed E-state index contributed by atoms with van der Waals surface area (Å²) in [5, 5.41) is 0. The van der Waals surface area contributed by atoms with Gasteiger partial charge in [-0.3, -0.25) is 0 Å². The van der Waals surface area contributed by atoms with Crippen LogP contribution in [0.15, 0.2) is 18.2 Å². The molecule has 21 heavy (non-hydrogen) atoms. The van der Waals surface area contributed by atoms with Crippen molar-refractivity contribution in [1.82, 2.24) is 0 Å². The molecule has 1 aromatic rings. The lowest BCUT2D eigenvalue weighted by molar-refractivity contribution is 0.00915. The molecule has 118 valence electrons. The summed E-state index contributed by atoms with van der Waals surface area (Å²) in [6, 6.07) is 6.16. The number of rotatable bonds is 7. The molecule has 1 aliphatic heterocycles. The summed E-state index contributed by atoms with van der Waals surface area (Å²) >= 11 is 0. The van der Waals surface area contributed by atoms with Crippen molar-refractivity contribution < 1.29 is 14.2 Å². The van der Waals surface area contributed by atoms with Gasteiger partial charge >= 0.3 is 0 Å². The minimum absolute atomic E-state index is 0.161. The van der Waals surface area contributed by atoms with E-state index in [1.807, 2.05) is 12.1 Å². The van der Waals surface area contributed by atoms with Crippen molar-refractivity contribution in [2.75, 3.05) is 20.8 Å². The molecular weight excluding hydrogens is 266 g/mol. The van der Waals surface area contributed by atoms with Gasteiger partial charge in [0.1, 0.15) is 0 Å². The highest BCUT2D eigenvalue weighted by Gasteiger charge is 2.15. The normalized spacial score (nSPS) is 20.0. The van der Waals surface area contributed by atoms with E-state index in [-0.39, 0.29) is 6.04 Å². The number of nitrogens with two attached hydrogens (primary N) is 1. The molecule has 4 heteroatoms. The van der Waals surface area contributed by atoms with Crippen molar-refractivity contribution in [2.45, 2.75) is 50.7 Å². The first kappa shape index (κ1) is 16.1. The third-order valence-corrected chi connectivity index (χ3v) is 4.08. The van der Waals surface area contributed by atoms with E-state index in [1.165, 1.54) is 24.8 Å². The Kier molecular flexibility index (Phi) is 6.33. The summed E-state index contributed by atoms with van der Waals surface area (Å²) in [5.74, 6) is 1.52. The molecule has 0 saturated carbocycles. The lowest BCUT2D eigenvalue weighted by Gasteiger charge is -2.23. The van der Waals surface area contributed by atoms with E-state index < -0.39 is 0 Å². The van der Waals surface area contributed by atoms with Gasteiger partial charge in [0, 0.05) is 12.6 Å². The highest BCUT2D eigenvalue weighted by molar-refractivity contribution is 5.43. The average molecular weight is 293 g/mol. The Labute approximate surface area is 127 Å². The lowest BCUT2D eigenvalue weighted by atomic mass is 9.98. The van der Waals surface area contributed by atoms with Gasteiger partial charge in [-0.25, -0.2) is 0 Å². The SMILES string of the molecule is COc1ccc(CC(N)CCC2CCCCO2)cc1OC. The van der Waals surface area contributed by atoms with E-state index in [2.05, 4.69) is 6.07 Å². The number of methoxy groups -OCH3 is 2. The second-order valence-electron chi connectivity index (χ2n) is 5.72. The van der Waals surface area contributed by atoms with Crippen molar-refractivity contribution in [3.05, 3.63) is 23.8 Å². The zero-order chi connectivity index (χ0) is 15.1. The Balaban J connectivity index is 1.82. The summed E-state index contributed by atoms with van der Waals surface area (Å²) in [6.45, 7) is 0.912. The van der Waals surface area contributed by atoms with Gasteiger partial charge in [0.25, 0.3) is 0 Å². The van der Waals surface area contributed by atoms with Crippen LogP contribution in [0.3, 0.4) is 0 Å². The fourth-order valence-corrected chi connectivity index (χ4v) is 2.85. The summed E-state index contributed by atoms with van der Waals surface area (Å²) in [5.41, 5.74) is 7.44. The largest absolute Gasteiger partial charge is 0.493 e. The molecule has 1 aliphatic rings. The monoisotopic (exact) mass is 293 g/mol. The van der Waals surface area contributed by atoms with Gasteiger partial charge in [-0.05, 0) is 56.2 Å². The number of hydrogen-bond donors (Lipinski definition) is 1. The van der Waals surface area contributed by atoms with Gasteiger partial charge in [0.2, 0.25) is 0 Å². The van der Waals surface area contributed by atoms with Crippen molar-refractivity contribution in [2.24, 2.45) is 5.73 Å². The Bertz CT molecular complexity index is 430. The molecule has 1 aromatic carbocycles. The Hall–Kier alpha value is -1.26. The van der Waals surface area contributed by atoms with Crippen molar-refractivity contribution in [1.29, 1.82) is 0 Å². The molecule has 0 aliphatic carbocycles. The molecule has 1 saturated heterocycles. The zero-order valence-corrected chi connectivity index (χ0v) is 13.1. The van der Waals surface area contributed by atoms with Crippen LogP contribution in [0.2, 0.25) is 0 Å². The minimum Gasteiger partial charge on any atom is -0.493 e. The molecule has 0 amide bonds. The van der Waals surface area contributed by atoms with Crippen LogP contribution in [0, 0.1) is 0 Å². The van der Waals surface area contributed by atoms with Crippen molar-refractivity contribution >= 4 is 0 Å². The quantitative estimate of drug-likeness (QED) is 0.840. The van der Waals surface area contributed by atoms with E-state index in [0.717, 1.165) is 37.4 Å². The van der Waals surface area contributed by atoms with Crippen LogP contribution in [-0.2, 0) is 11.2 Å². The van der Waals surface area contributed by atoms with Gasteiger partial charge in [0.05, 0.1) is 20.3 Å². The van der Waals surface area contributed by atoms with E-state index in [0.29, 0.717) is 6.10 Å².